The van der Waals surface area contributed by atoms with Gasteiger partial charge < -0.3 is 20.0 Å². The molecule has 0 saturated carbocycles. The Labute approximate surface area is 172 Å². The molecule has 7 nitrogen and oxygen atoms in total. The van der Waals surface area contributed by atoms with Crippen molar-refractivity contribution in [3.05, 3.63) is 41.5 Å². The monoisotopic (exact) mass is 394 g/mol. The van der Waals surface area contributed by atoms with E-state index in [9.17, 15) is 4.79 Å². The van der Waals surface area contributed by atoms with Crippen LogP contribution in [-0.2, 0) is 0 Å². The lowest BCUT2D eigenvalue weighted by Gasteiger charge is -2.35. The number of urea groups is 1. The van der Waals surface area contributed by atoms with Crippen molar-refractivity contribution in [2.45, 2.75) is 33.1 Å². The molecule has 0 radical (unpaired) electrons. The van der Waals surface area contributed by atoms with Crippen LogP contribution in [0.15, 0.2) is 30.3 Å². The van der Waals surface area contributed by atoms with E-state index in [2.05, 4.69) is 50.4 Å². The molecule has 0 bridgehead atoms. The Morgan fingerprint density at radius 2 is 1.45 bits per heavy atom. The van der Waals surface area contributed by atoms with Crippen LogP contribution in [0, 0.1) is 13.8 Å². The van der Waals surface area contributed by atoms with Gasteiger partial charge in [0.15, 0.2) is 11.6 Å². The summed E-state index contributed by atoms with van der Waals surface area (Å²) in [5.74, 6) is 1.86. The summed E-state index contributed by atoms with van der Waals surface area (Å²) in [6, 6.07) is 10.2. The number of aryl methyl sites for hydroxylation is 2. The maximum atomic E-state index is 12.6. The number of nitrogens with one attached hydrogen (secondary N) is 1. The molecule has 2 fully saturated rings. The standard InChI is InChI=1S/C22H30N6O/c1-17-6-7-19(18(2)16-17)23-22(29)28-14-12-27(13-15-28)21-9-8-20(24-25-21)26-10-4-3-5-11-26/h6-9,16H,3-5,10-15H2,1-2H3,(H,23,29). The van der Waals surface area contributed by atoms with E-state index in [0.717, 1.165) is 49.1 Å². The van der Waals surface area contributed by atoms with Crippen molar-refractivity contribution in [2.24, 2.45) is 0 Å². The Kier molecular flexibility index (Phi) is 5.83. The van der Waals surface area contributed by atoms with Crippen molar-refractivity contribution in [1.29, 1.82) is 0 Å². The Balaban J connectivity index is 1.31. The minimum atomic E-state index is -0.0388. The predicted molar refractivity (Wildman–Crippen MR) is 117 cm³/mol. The van der Waals surface area contributed by atoms with Gasteiger partial charge in [-0.15, -0.1) is 10.2 Å². The number of carbonyl (C=O) groups is 1. The molecule has 2 aliphatic heterocycles. The highest BCUT2D eigenvalue weighted by Gasteiger charge is 2.23. The van der Waals surface area contributed by atoms with Crippen molar-refractivity contribution in [3.8, 4) is 0 Å². The highest BCUT2D eigenvalue weighted by Crippen LogP contribution is 2.21. The molecule has 0 atom stereocenters. The lowest BCUT2D eigenvalue weighted by Crippen LogP contribution is -2.50. The SMILES string of the molecule is Cc1ccc(NC(=O)N2CCN(c3ccc(N4CCCCC4)nn3)CC2)c(C)c1. The number of piperazine rings is 1. The first kappa shape index (κ1) is 19.5. The smallest absolute Gasteiger partial charge is 0.321 e. The molecule has 2 aliphatic rings. The molecule has 0 unspecified atom stereocenters. The molecular weight excluding hydrogens is 364 g/mol. The van der Waals surface area contributed by atoms with Crippen molar-refractivity contribution in [1.82, 2.24) is 15.1 Å². The van der Waals surface area contributed by atoms with Gasteiger partial charge in [-0.1, -0.05) is 17.7 Å². The molecule has 0 spiro atoms. The van der Waals surface area contributed by atoms with E-state index in [0.29, 0.717) is 13.1 Å². The third-order valence-corrected chi connectivity index (χ3v) is 5.83. The molecule has 1 aromatic carbocycles. The Bertz CT molecular complexity index is 839. The van der Waals surface area contributed by atoms with Gasteiger partial charge in [-0.25, -0.2) is 4.79 Å². The number of anilines is 3. The van der Waals surface area contributed by atoms with Crippen LogP contribution in [0.25, 0.3) is 0 Å². The highest BCUT2D eigenvalue weighted by molar-refractivity contribution is 5.90. The molecule has 2 aromatic rings. The fourth-order valence-corrected chi connectivity index (χ4v) is 4.07. The van der Waals surface area contributed by atoms with Gasteiger partial charge in [-0.2, -0.15) is 0 Å². The molecule has 1 aromatic heterocycles. The summed E-state index contributed by atoms with van der Waals surface area (Å²) in [6.45, 7) is 9.09. The molecule has 2 amide bonds. The van der Waals surface area contributed by atoms with E-state index in [1.165, 1.54) is 24.8 Å². The van der Waals surface area contributed by atoms with Crippen LogP contribution in [0.1, 0.15) is 30.4 Å². The number of aromatic nitrogens is 2. The van der Waals surface area contributed by atoms with Crippen LogP contribution < -0.4 is 15.1 Å². The van der Waals surface area contributed by atoms with Crippen molar-refractivity contribution >= 4 is 23.4 Å². The van der Waals surface area contributed by atoms with Gasteiger partial charge in [-0.05, 0) is 56.9 Å². The first-order chi connectivity index (χ1) is 14.1. The largest absolute Gasteiger partial charge is 0.355 e. The van der Waals surface area contributed by atoms with Crippen LogP contribution in [0.2, 0.25) is 0 Å². The summed E-state index contributed by atoms with van der Waals surface area (Å²) < 4.78 is 0. The van der Waals surface area contributed by atoms with Crippen LogP contribution in [0.3, 0.4) is 0 Å². The van der Waals surface area contributed by atoms with Crippen LogP contribution in [0.4, 0.5) is 22.1 Å². The number of hydrogen-bond acceptors (Lipinski definition) is 5. The number of nitrogens with zero attached hydrogens (tertiary/aromatic N) is 5. The number of carbonyl (C=O) groups excluding carboxylic acids is 1. The Hall–Kier alpha value is -2.83. The molecule has 1 N–H and O–H groups in total. The second kappa shape index (κ2) is 8.68. The number of hydrogen-bond donors (Lipinski definition) is 1. The summed E-state index contributed by atoms with van der Waals surface area (Å²) >= 11 is 0. The lowest BCUT2D eigenvalue weighted by molar-refractivity contribution is 0.208. The summed E-state index contributed by atoms with van der Waals surface area (Å²) in [6.07, 6.45) is 3.77. The normalized spacial score (nSPS) is 17.4. The zero-order valence-corrected chi connectivity index (χ0v) is 17.4. The number of rotatable bonds is 3. The number of piperidine rings is 1. The van der Waals surface area contributed by atoms with Gasteiger partial charge in [0.2, 0.25) is 0 Å². The van der Waals surface area contributed by atoms with Crippen molar-refractivity contribution < 1.29 is 4.79 Å². The van der Waals surface area contributed by atoms with Crippen molar-refractivity contribution in [2.75, 3.05) is 54.4 Å². The van der Waals surface area contributed by atoms with E-state index >= 15 is 0 Å². The molecule has 2 saturated heterocycles. The predicted octanol–water partition coefficient (Wildman–Crippen LogP) is 3.44. The first-order valence-electron chi connectivity index (χ1n) is 10.6. The number of amides is 2. The zero-order chi connectivity index (χ0) is 20.2. The fourth-order valence-electron chi connectivity index (χ4n) is 4.07. The molecule has 154 valence electrons. The average molecular weight is 395 g/mol. The molecule has 4 rings (SSSR count). The Morgan fingerprint density at radius 3 is 2.03 bits per heavy atom. The van der Waals surface area contributed by atoms with Crippen LogP contribution >= 0.6 is 0 Å². The van der Waals surface area contributed by atoms with E-state index in [-0.39, 0.29) is 6.03 Å². The lowest BCUT2D eigenvalue weighted by atomic mass is 10.1. The van der Waals surface area contributed by atoms with E-state index in [1.54, 1.807) is 0 Å². The molecule has 7 heteroatoms. The van der Waals surface area contributed by atoms with Crippen LogP contribution in [-0.4, -0.2) is 60.4 Å². The Morgan fingerprint density at radius 1 is 0.828 bits per heavy atom. The van der Waals surface area contributed by atoms with Gasteiger partial charge >= 0.3 is 6.03 Å². The summed E-state index contributed by atoms with van der Waals surface area (Å²) in [5, 5.41) is 11.9. The number of benzene rings is 1. The van der Waals surface area contributed by atoms with Gasteiger partial charge in [0.05, 0.1) is 0 Å². The van der Waals surface area contributed by atoms with Gasteiger partial charge in [0, 0.05) is 45.0 Å². The molecule has 29 heavy (non-hydrogen) atoms. The summed E-state index contributed by atoms with van der Waals surface area (Å²) in [4.78, 5) is 19.0. The second-order valence-corrected chi connectivity index (χ2v) is 8.02. The maximum absolute atomic E-state index is 12.6. The minimum Gasteiger partial charge on any atom is -0.355 e. The molecule has 0 aliphatic carbocycles. The average Bonchev–Trinajstić information content (AvgIpc) is 2.76. The topological polar surface area (TPSA) is 64.6 Å². The maximum Gasteiger partial charge on any atom is 0.321 e. The van der Waals surface area contributed by atoms with Crippen molar-refractivity contribution in [3.63, 3.8) is 0 Å². The third-order valence-electron chi connectivity index (χ3n) is 5.83. The van der Waals surface area contributed by atoms with Gasteiger partial charge in [-0.3, -0.25) is 0 Å². The zero-order valence-electron chi connectivity index (χ0n) is 17.4. The quantitative estimate of drug-likeness (QED) is 0.864. The molecular formula is C22H30N6O. The minimum absolute atomic E-state index is 0.0388. The third kappa shape index (κ3) is 4.60. The van der Waals surface area contributed by atoms with Crippen LogP contribution in [0.5, 0.6) is 0 Å². The summed E-state index contributed by atoms with van der Waals surface area (Å²) in [5.41, 5.74) is 3.16. The summed E-state index contributed by atoms with van der Waals surface area (Å²) in [7, 11) is 0. The van der Waals surface area contributed by atoms with E-state index < -0.39 is 0 Å². The van der Waals surface area contributed by atoms with E-state index in [1.807, 2.05) is 24.0 Å². The highest BCUT2D eigenvalue weighted by atomic mass is 16.2. The van der Waals surface area contributed by atoms with Gasteiger partial charge in [0.25, 0.3) is 0 Å². The molecule has 3 heterocycles. The second-order valence-electron chi connectivity index (χ2n) is 8.02. The first-order valence-corrected chi connectivity index (χ1v) is 10.6. The van der Waals surface area contributed by atoms with Gasteiger partial charge in [0.1, 0.15) is 0 Å². The van der Waals surface area contributed by atoms with E-state index in [4.69, 9.17) is 0 Å². The fraction of sp³-hybridized carbons (Fsp3) is 0.500.